The van der Waals surface area contributed by atoms with Gasteiger partial charge >= 0.3 is 0 Å². The summed E-state index contributed by atoms with van der Waals surface area (Å²) in [4.78, 5) is 13.2. The number of amides is 1. The van der Waals surface area contributed by atoms with Gasteiger partial charge in [-0.05, 0) is 67.4 Å². The molecule has 1 aliphatic heterocycles. The number of halogens is 1. The van der Waals surface area contributed by atoms with Crippen LogP contribution in [0.15, 0.2) is 82.6 Å². The molecule has 1 fully saturated rings. The van der Waals surface area contributed by atoms with Crippen LogP contribution in [0.5, 0.6) is 5.75 Å². The Balaban J connectivity index is 1.58. The Bertz CT molecular complexity index is 1510. The molecule has 1 aliphatic rings. The number of hydrogen-bond donors (Lipinski definition) is 1. The van der Waals surface area contributed by atoms with Crippen molar-refractivity contribution in [2.45, 2.75) is 35.5 Å². The van der Waals surface area contributed by atoms with Crippen molar-refractivity contribution in [1.82, 2.24) is 4.31 Å². The molecule has 9 nitrogen and oxygen atoms in total. The fraction of sp³-hybridized carbons (Fsp3) is 0.296. The molecule has 1 N–H and O–H groups in total. The Hall–Kier alpha value is -3.12. The van der Waals surface area contributed by atoms with Gasteiger partial charge in [-0.15, -0.1) is 0 Å². The minimum absolute atomic E-state index is 0.0112. The summed E-state index contributed by atoms with van der Waals surface area (Å²) in [6, 6.07) is 18.1. The molecule has 4 rings (SSSR count). The molecule has 0 radical (unpaired) electrons. The number of ether oxygens (including phenoxy) is 1. The van der Waals surface area contributed by atoms with Gasteiger partial charge < -0.3 is 10.1 Å². The third kappa shape index (κ3) is 6.73. The summed E-state index contributed by atoms with van der Waals surface area (Å²) >= 11 is 6.17. The molecule has 208 valence electrons. The zero-order valence-corrected chi connectivity index (χ0v) is 23.8. The van der Waals surface area contributed by atoms with Gasteiger partial charge in [0.05, 0.1) is 22.6 Å². The van der Waals surface area contributed by atoms with Crippen LogP contribution in [0.25, 0.3) is 0 Å². The maximum Gasteiger partial charge on any atom is 0.264 e. The molecule has 1 amide bonds. The van der Waals surface area contributed by atoms with E-state index in [1.807, 2.05) is 0 Å². The van der Waals surface area contributed by atoms with Crippen molar-refractivity contribution in [2.75, 3.05) is 36.4 Å². The monoisotopic (exact) mass is 591 g/mol. The van der Waals surface area contributed by atoms with Crippen molar-refractivity contribution in [3.8, 4) is 5.75 Å². The second-order valence-corrected chi connectivity index (χ2v) is 13.3. The molecule has 0 atom stereocenters. The summed E-state index contributed by atoms with van der Waals surface area (Å²) in [5, 5.41) is 2.92. The average Bonchev–Trinajstić information content (AvgIpc) is 3.23. The van der Waals surface area contributed by atoms with Gasteiger partial charge in [-0.1, -0.05) is 42.6 Å². The van der Waals surface area contributed by atoms with E-state index in [4.69, 9.17) is 16.3 Å². The van der Waals surface area contributed by atoms with Gasteiger partial charge in [-0.25, -0.2) is 16.8 Å². The van der Waals surface area contributed by atoms with Gasteiger partial charge in [-0.2, -0.15) is 4.31 Å². The van der Waals surface area contributed by atoms with Gasteiger partial charge in [0.1, 0.15) is 12.3 Å². The number of benzene rings is 3. The van der Waals surface area contributed by atoms with E-state index in [1.165, 1.54) is 59.9 Å². The Labute approximate surface area is 234 Å². The quantitative estimate of drug-likeness (QED) is 0.384. The van der Waals surface area contributed by atoms with E-state index in [0.29, 0.717) is 18.8 Å². The molecule has 1 heterocycles. The number of anilines is 2. The van der Waals surface area contributed by atoms with Crippen LogP contribution >= 0.6 is 11.6 Å². The molecule has 0 bridgehead atoms. The van der Waals surface area contributed by atoms with Crippen LogP contribution in [-0.2, 0) is 24.8 Å². The van der Waals surface area contributed by atoms with E-state index in [9.17, 15) is 21.6 Å². The molecule has 1 saturated heterocycles. The van der Waals surface area contributed by atoms with Crippen LogP contribution in [0.3, 0.4) is 0 Å². The van der Waals surface area contributed by atoms with Crippen LogP contribution in [-0.4, -0.2) is 53.8 Å². The summed E-state index contributed by atoms with van der Waals surface area (Å²) in [7, 11) is -6.43. The maximum absolute atomic E-state index is 13.6. The molecular formula is C27H30ClN3O6S2. The fourth-order valence-corrected chi connectivity index (χ4v) is 7.48. The van der Waals surface area contributed by atoms with E-state index in [1.54, 1.807) is 24.3 Å². The Kier molecular flexibility index (Phi) is 9.16. The molecular weight excluding hydrogens is 562 g/mol. The number of nitrogens with zero attached hydrogens (tertiary/aromatic N) is 2. The zero-order chi connectivity index (χ0) is 28.0. The maximum atomic E-state index is 13.6. The second-order valence-electron chi connectivity index (χ2n) is 9.03. The lowest BCUT2D eigenvalue weighted by molar-refractivity contribution is -0.114. The van der Waals surface area contributed by atoms with Crippen molar-refractivity contribution in [3.05, 3.63) is 77.8 Å². The third-order valence-electron chi connectivity index (χ3n) is 6.37. The van der Waals surface area contributed by atoms with E-state index in [-0.39, 0.29) is 26.3 Å². The lowest BCUT2D eigenvalue weighted by Crippen LogP contribution is -2.38. The van der Waals surface area contributed by atoms with Crippen molar-refractivity contribution in [1.29, 1.82) is 0 Å². The number of hydrogen-bond acceptors (Lipinski definition) is 6. The van der Waals surface area contributed by atoms with Crippen LogP contribution in [0.1, 0.15) is 25.7 Å². The average molecular weight is 592 g/mol. The van der Waals surface area contributed by atoms with Gasteiger partial charge in [-0.3, -0.25) is 9.10 Å². The minimum Gasteiger partial charge on any atom is -0.495 e. The lowest BCUT2D eigenvalue weighted by atomic mass is 10.2. The third-order valence-corrected chi connectivity index (χ3v) is 10.3. The molecule has 39 heavy (non-hydrogen) atoms. The molecule has 0 aliphatic carbocycles. The Morgan fingerprint density at radius 2 is 1.54 bits per heavy atom. The standard InChI is InChI=1S/C27H30ClN3O6S2/c1-37-26-16-11-21(28)19-25(26)31(39(35,36)23-9-5-4-6-10-23)20-27(32)29-22-12-14-24(15-13-22)38(33,34)30-17-7-2-3-8-18-30/h4-6,9-16,19H,2-3,7-8,17-18,20H2,1H3,(H,29,32). The van der Waals surface area contributed by atoms with E-state index in [0.717, 1.165) is 30.0 Å². The zero-order valence-electron chi connectivity index (χ0n) is 21.4. The predicted molar refractivity (Wildman–Crippen MR) is 151 cm³/mol. The molecule has 0 unspecified atom stereocenters. The van der Waals surface area contributed by atoms with Gasteiger partial charge in [0.2, 0.25) is 15.9 Å². The first-order valence-corrected chi connectivity index (χ1v) is 15.7. The summed E-state index contributed by atoms with van der Waals surface area (Å²) in [6.07, 6.45) is 3.67. The first-order chi connectivity index (χ1) is 18.6. The van der Waals surface area contributed by atoms with E-state index < -0.39 is 32.5 Å². The van der Waals surface area contributed by atoms with Crippen molar-refractivity contribution in [2.24, 2.45) is 0 Å². The highest BCUT2D eigenvalue weighted by molar-refractivity contribution is 7.93. The topological polar surface area (TPSA) is 113 Å². The number of carbonyl (C=O) groups is 1. The number of carbonyl (C=O) groups excluding carboxylic acids is 1. The highest BCUT2D eigenvalue weighted by Gasteiger charge is 2.30. The minimum atomic E-state index is -4.18. The van der Waals surface area contributed by atoms with Crippen LogP contribution in [0, 0.1) is 0 Å². The van der Waals surface area contributed by atoms with Crippen molar-refractivity contribution < 1.29 is 26.4 Å². The molecule has 0 spiro atoms. The van der Waals surface area contributed by atoms with E-state index in [2.05, 4.69) is 5.32 Å². The van der Waals surface area contributed by atoms with Gasteiger partial charge in [0, 0.05) is 23.8 Å². The lowest BCUT2D eigenvalue weighted by Gasteiger charge is -2.26. The van der Waals surface area contributed by atoms with Crippen molar-refractivity contribution in [3.63, 3.8) is 0 Å². The molecule has 0 saturated carbocycles. The molecule has 3 aromatic carbocycles. The highest BCUT2D eigenvalue weighted by Crippen LogP contribution is 2.35. The van der Waals surface area contributed by atoms with Gasteiger partial charge in [0.15, 0.2) is 0 Å². The normalized spacial score (nSPS) is 14.8. The molecule has 3 aromatic rings. The number of rotatable bonds is 9. The fourth-order valence-electron chi connectivity index (χ4n) is 4.35. The summed E-state index contributed by atoms with van der Waals surface area (Å²) in [5.41, 5.74) is 0.424. The predicted octanol–water partition coefficient (Wildman–Crippen LogP) is 4.75. The summed E-state index contributed by atoms with van der Waals surface area (Å²) in [6.45, 7) is 0.390. The van der Waals surface area contributed by atoms with Crippen LogP contribution in [0.2, 0.25) is 5.02 Å². The smallest absolute Gasteiger partial charge is 0.264 e. The van der Waals surface area contributed by atoms with E-state index >= 15 is 0 Å². The number of methoxy groups -OCH3 is 1. The number of sulfonamides is 2. The highest BCUT2D eigenvalue weighted by atomic mass is 35.5. The molecule has 12 heteroatoms. The van der Waals surface area contributed by atoms with Crippen LogP contribution in [0.4, 0.5) is 11.4 Å². The largest absolute Gasteiger partial charge is 0.495 e. The Morgan fingerprint density at radius 1 is 0.897 bits per heavy atom. The van der Waals surface area contributed by atoms with Gasteiger partial charge in [0.25, 0.3) is 10.0 Å². The first kappa shape index (κ1) is 28.9. The van der Waals surface area contributed by atoms with Crippen molar-refractivity contribution >= 4 is 48.9 Å². The summed E-state index contributed by atoms with van der Waals surface area (Å²) in [5.74, 6) is -0.422. The summed E-state index contributed by atoms with van der Waals surface area (Å²) < 4.78 is 61.1. The number of nitrogens with one attached hydrogen (secondary N) is 1. The Morgan fingerprint density at radius 3 is 2.15 bits per heavy atom. The van der Waals surface area contributed by atoms with Crippen LogP contribution < -0.4 is 14.4 Å². The SMILES string of the molecule is COc1ccc(Cl)cc1N(CC(=O)Nc1ccc(S(=O)(=O)N2CCCCCC2)cc1)S(=O)(=O)c1ccccc1. The first-order valence-electron chi connectivity index (χ1n) is 12.4. The molecule has 0 aromatic heterocycles. The second kappa shape index (κ2) is 12.4.